The Labute approximate surface area is 113 Å². The smallest absolute Gasteiger partial charge is 0.216 e. The van der Waals surface area contributed by atoms with Crippen LogP contribution < -0.4 is 10.6 Å². The number of hydrogen-bond donors (Lipinski definition) is 2. The number of carbonyl (C=O) groups excluding carboxylic acids is 1. The molecule has 94 valence electrons. The summed E-state index contributed by atoms with van der Waals surface area (Å²) in [7, 11) is 0. The van der Waals surface area contributed by atoms with E-state index < -0.39 is 0 Å². The van der Waals surface area contributed by atoms with Crippen molar-refractivity contribution in [2.24, 2.45) is 0 Å². The van der Waals surface area contributed by atoms with Crippen molar-refractivity contribution in [2.75, 3.05) is 18.4 Å². The van der Waals surface area contributed by atoms with Crippen LogP contribution in [0.4, 0.5) is 5.82 Å². The third-order valence-corrected chi connectivity index (χ3v) is 2.88. The molecule has 0 saturated heterocycles. The molecular weight excluding hydrogens is 296 g/mol. The Kier molecular flexibility index (Phi) is 4.09. The van der Waals surface area contributed by atoms with Crippen molar-refractivity contribution < 1.29 is 4.79 Å². The number of halogens is 1. The van der Waals surface area contributed by atoms with Crippen molar-refractivity contribution in [1.29, 1.82) is 0 Å². The fraction of sp³-hybridized carbons (Fsp3) is 0.250. The van der Waals surface area contributed by atoms with Crippen molar-refractivity contribution in [3.05, 3.63) is 29.0 Å². The van der Waals surface area contributed by atoms with E-state index in [4.69, 9.17) is 0 Å². The molecule has 6 heteroatoms. The van der Waals surface area contributed by atoms with E-state index in [0.29, 0.717) is 13.1 Å². The summed E-state index contributed by atoms with van der Waals surface area (Å²) in [6, 6.07) is 5.84. The summed E-state index contributed by atoms with van der Waals surface area (Å²) in [6.07, 6.45) is 1.52. The molecule has 0 radical (unpaired) electrons. The van der Waals surface area contributed by atoms with Crippen LogP contribution in [0.3, 0.4) is 0 Å². The quantitative estimate of drug-likeness (QED) is 0.847. The molecule has 0 aliphatic rings. The number of anilines is 1. The predicted molar refractivity (Wildman–Crippen MR) is 74.4 cm³/mol. The van der Waals surface area contributed by atoms with Crippen molar-refractivity contribution >= 4 is 38.6 Å². The molecule has 0 aliphatic heterocycles. The van der Waals surface area contributed by atoms with Crippen LogP contribution in [0.15, 0.2) is 29.0 Å². The number of rotatable bonds is 4. The van der Waals surface area contributed by atoms with Gasteiger partial charge in [0, 0.05) is 29.9 Å². The number of nitrogens with one attached hydrogen (secondary N) is 2. The molecule has 0 fully saturated rings. The van der Waals surface area contributed by atoms with Crippen molar-refractivity contribution in [3.8, 4) is 0 Å². The largest absolute Gasteiger partial charge is 0.368 e. The lowest BCUT2D eigenvalue weighted by atomic mass is 10.2. The Morgan fingerprint density at radius 3 is 2.94 bits per heavy atom. The topological polar surface area (TPSA) is 66.9 Å². The van der Waals surface area contributed by atoms with E-state index in [9.17, 15) is 4.79 Å². The highest BCUT2D eigenvalue weighted by Crippen LogP contribution is 2.22. The summed E-state index contributed by atoms with van der Waals surface area (Å²) in [5.74, 6) is 0.735. The molecule has 2 N–H and O–H groups in total. The zero-order valence-electron chi connectivity index (χ0n) is 9.90. The highest BCUT2D eigenvalue weighted by Gasteiger charge is 2.03. The second-order valence-corrected chi connectivity index (χ2v) is 4.71. The summed E-state index contributed by atoms with van der Waals surface area (Å²) in [5.41, 5.74) is 0.884. The Hall–Kier alpha value is -1.69. The molecule has 0 aliphatic carbocycles. The molecule has 1 aromatic carbocycles. The van der Waals surface area contributed by atoms with E-state index >= 15 is 0 Å². The van der Waals surface area contributed by atoms with Gasteiger partial charge in [0.25, 0.3) is 0 Å². The Morgan fingerprint density at radius 1 is 1.33 bits per heavy atom. The van der Waals surface area contributed by atoms with E-state index in [1.54, 1.807) is 0 Å². The first-order valence-corrected chi connectivity index (χ1v) is 6.34. The highest BCUT2D eigenvalue weighted by atomic mass is 79.9. The molecule has 18 heavy (non-hydrogen) atoms. The molecule has 2 aromatic rings. The van der Waals surface area contributed by atoms with E-state index in [2.05, 4.69) is 36.5 Å². The fourth-order valence-corrected chi connectivity index (χ4v) is 1.95. The first kappa shape index (κ1) is 12.8. The Morgan fingerprint density at radius 2 is 2.17 bits per heavy atom. The zero-order chi connectivity index (χ0) is 13.0. The second-order valence-electron chi connectivity index (χ2n) is 3.79. The standard InChI is InChI=1S/C12H13BrN4O/c1-8(18)14-4-5-15-12-10-6-9(13)2-3-11(10)16-7-17-12/h2-3,6-7H,4-5H2,1H3,(H,14,18)(H,15,16,17). The summed E-state index contributed by atoms with van der Waals surface area (Å²) in [6.45, 7) is 2.68. The Balaban J connectivity index is 2.12. The van der Waals surface area contributed by atoms with Gasteiger partial charge in [-0.1, -0.05) is 15.9 Å². The lowest BCUT2D eigenvalue weighted by molar-refractivity contribution is -0.118. The summed E-state index contributed by atoms with van der Waals surface area (Å²) < 4.78 is 0.981. The maximum absolute atomic E-state index is 10.7. The number of amides is 1. The van der Waals surface area contributed by atoms with E-state index in [0.717, 1.165) is 21.2 Å². The van der Waals surface area contributed by atoms with E-state index in [1.807, 2.05) is 18.2 Å². The zero-order valence-corrected chi connectivity index (χ0v) is 11.5. The van der Waals surface area contributed by atoms with Crippen molar-refractivity contribution in [2.45, 2.75) is 6.92 Å². The van der Waals surface area contributed by atoms with Crippen LogP contribution in [0.5, 0.6) is 0 Å². The van der Waals surface area contributed by atoms with Gasteiger partial charge >= 0.3 is 0 Å². The van der Waals surface area contributed by atoms with Gasteiger partial charge in [-0.25, -0.2) is 9.97 Å². The van der Waals surface area contributed by atoms with Crippen molar-refractivity contribution in [3.63, 3.8) is 0 Å². The molecule has 2 rings (SSSR count). The maximum atomic E-state index is 10.7. The molecular formula is C12H13BrN4O. The van der Waals surface area contributed by atoms with E-state index in [-0.39, 0.29) is 5.91 Å². The number of fused-ring (bicyclic) bond motifs is 1. The molecule has 1 aromatic heterocycles. The number of hydrogen-bond acceptors (Lipinski definition) is 4. The number of aromatic nitrogens is 2. The van der Waals surface area contributed by atoms with Crippen LogP contribution in [0.25, 0.3) is 10.9 Å². The molecule has 1 amide bonds. The van der Waals surface area contributed by atoms with Crippen LogP contribution in [0, 0.1) is 0 Å². The Bertz CT molecular complexity index is 573. The number of nitrogens with zero attached hydrogens (tertiary/aromatic N) is 2. The normalized spacial score (nSPS) is 10.3. The van der Waals surface area contributed by atoms with Gasteiger partial charge in [0.2, 0.25) is 5.91 Å². The third-order valence-electron chi connectivity index (χ3n) is 2.39. The van der Waals surface area contributed by atoms with Crippen LogP contribution in [0.1, 0.15) is 6.92 Å². The third kappa shape index (κ3) is 3.16. The number of carbonyl (C=O) groups is 1. The highest BCUT2D eigenvalue weighted by molar-refractivity contribution is 9.10. The van der Waals surface area contributed by atoms with Crippen molar-refractivity contribution in [1.82, 2.24) is 15.3 Å². The van der Waals surface area contributed by atoms with Crippen LogP contribution in [0.2, 0.25) is 0 Å². The lowest BCUT2D eigenvalue weighted by Crippen LogP contribution is -2.26. The van der Waals surface area contributed by atoms with Gasteiger partial charge in [0.1, 0.15) is 12.1 Å². The molecule has 5 nitrogen and oxygen atoms in total. The van der Waals surface area contributed by atoms with Crippen LogP contribution >= 0.6 is 15.9 Å². The molecule has 1 heterocycles. The predicted octanol–water partition coefficient (Wildman–Crippen LogP) is 1.94. The average molecular weight is 309 g/mol. The molecule has 0 unspecified atom stereocenters. The SMILES string of the molecule is CC(=O)NCCNc1ncnc2ccc(Br)cc12. The molecule has 0 atom stereocenters. The second kappa shape index (κ2) is 5.77. The van der Waals surface area contributed by atoms with E-state index in [1.165, 1.54) is 13.3 Å². The number of benzene rings is 1. The summed E-state index contributed by atoms with van der Waals surface area (Å²) in [4.78, 5) is 19.1. The van der Waals surface area contributed by atoms with Gasteiger partial charge in [0.15, 0.2) is 0 Å². The fourth-order valence-electron chi connectivity index (χ4n) is 1.59. The minimum absolute atomic E-state index is 0.0351. The molecule has 0 bridgehead atoms. The average Bonchev–Trinajstić information content (AvgIpc) is 2.34. The summed E-state index contributed by atoms with van der Waals surface area (Å²) in [5, 5.41) is 6.86. The van der Waals surface area contributed by atoms with Gasteiger partial charge in [0.05, 0.1) is 5.52 Å². The van der Waals surface area contributed by atoms with Gasteiger partial charge < -0.3 is 10.6 Å². The lowest BCUT2D eigenvalue weighted by Gasteiger charge is -2.08. The van der Waals surface area contributed by atoms with Crippen LogP contribution in [-0.2, 0) is 4.79 Å². The van der Waals surface area contributed by atoms with Crippen LogP contribution in [-0.4, -0.2) is 29.0 Å². The first-order chi connectivity index (χ1) is 8.66. The monoisotopic (exact) mass is 308 g/mol. The van der Waals surface area contributed by atoms with Gasteiger partial charge in [-0.3, -0.25) is 4.79 Å². The first-order valence-electron chi connectivity index (χ1n) is 5.55. The van der Waals surface area contributed by atoms with Gasteiger partial charge in [-0.15, -0.1) is 0 Å². The van der Waals surface area contributed by atoms with Gasteiger partial charge in [-0.05, 0) is 18.2 Å². The summed E-state index contributed by atoms with van der Waals surface area (Å²) >= 11 is 3.43. The minimum atomic E-state index is -0.0351. The molecule has 0 saturated carbocycles. The van der Waals surface area contributed by atoms with Gasteiger partial charge in [-0.2, -0.15) is 0 Å². The maximum Gasteiger partial charge on any atom is 0.216 e. The minimum Gasteiger partial charge on any atom is -0.368 e. The molecule has 0 spiro atoms.